The average Bonchev–Trinajstić information content (AvgIpc) is 3.02. The van der Waals surface area contributed by atoms with Crippen LogP contribution >= 0.6 is 0 Å². The van der Waals surface area contributed by atoms with Crippen LogP contribution in [0.4, 0.5) is 0 Å². The maximum absolute atomic E-state index is 11.0. The molecule has 3 rings (SSSR count). The van der Waals surface area contributed by atoms with Crippen LogP contribution in [0, 0.1) is 11.8 Å². The van der Waals surface area contributed by atoms with Crippen molar-refractivity contribution in [3.05, 3.63) is 48.6 Å². The molecule has 0 bridgehead atoms. The number of aliphatic hydroxyl groups is 1. The SMILES string of the molecule is C=CCO[C@H]1O[C@@H]2[C@H](O[C@@H](COCOC)[C@H](O)[C@@H](C)[C@@H]2OCc2ccccc2)[C@H]1C. The Balaban J connectivity index is 1.79. The summed E-state index contributed by atoms with van der Waals surface area (Å²) in [4.78, 5) is 0. The molecule has 0 aliphatic carbocycles. The second-order valence-corrected chi connectivity index (χ2v) is 7.98. The summed E-state index contributed by atoms with van der Waals surface area (Å²) in [6.07, 6.45) is -1.04. The molecule has 0 amide bonds. The Morgan fingerprint density at radius 3 is 2.53 bits per heavy atom. The van der Waals surface area contributed by atoms with E-state index in [4.69, 9.17) is 28.4 Å². The number of rotatable bonds is 10. The zero-order valence-electron chi connectivity index (χ0n) is 18.0. The number of fused-ring (bicyclic) bond motifs is 1. The second kappa shape index (κ2) is 11.3. The van der Waals surface area contributed by atoms with Gasteiger partial charge in [-0.3, -0.25) is 0 Å². The van der Waals surface area contributed by atoms with E-state index in [1.807, 2.05) is 44.2 Å². The normalized spacial score (nSPS) is 36.3. The van der Waals surface area contributed by atoms with E-state index in [0.717, 1.165) is 5.56 Å². The molecule has 30 heavy (non-hydrogen) atoms. The topological polar surface area (TPSA) is 75.6 Å². The molecule has 2 aliphatic heterocycles. The van der Waals surface area contributed by atoms with Gasteiger partial charge >= 0.3 is 0 Å². The molecular formula is C23H34O7. The van der Waals surface area contributed by atoms with Gasteiger partial charge in [-0.05, 0) is 5.56 Å². The minimum atomic E-state index is -0.767. The fourth-order valence-corrected chi connectivity index (χ4v) is 4.14. The van der Waals surface area contributed by atoms with Crippen molar-refractivity contribution in [1.82, 2.24) is 0 Å². The van der Waals surface area contributed by atoms with Gasteiger partial charge in [0, 0.05) is 18.9 Å². The first kappa shape index (κ1) is 23.3. The smallest absolute Gasteiger partial charge is 0.163 e. The summed E-state index contributed by atoms with van der Waals surface area (Å²) in [7, 11) is 1.56. The van der Waals surface area contributed by atoms with Gasteiger partial charge in [-0.15, -0.1) is 6.58 Å². The molecule has 7 nitrogen and oxygen atoms in total. The molecule has 168 valence electrons. The van der Waals surface area contributed by atoms with Gasteiger partial charge < -0.3 is 33.5 Å². The largest absolute Gasteiger partial charge is 0.390 e. The fourth-order valence-electron chi connectivity index (χ4n) is 4.14. The molecule has 0 aromatic heterocycles. The number of benzene rings is 1. The number of ether oxygens (including phenoxy) is 6. The fraction of sp³-hybridized carbons (Fsp3) is 0.652. The van der Waals surface area contributed by atoms with Crippen LogP contribution in [0.25, 0.3) is 0 Å². The highest BCUT2D eigenvalue weighted by molar-refractivity contribution is 5.13. The van der Waals surface area contributed by atoms with Gasteiger partial charge in [0.2, 0.25) is 0 Å². The van der Waals surface area contributed by atoms with Gasteiger partial charge in [-0.25, -0.2) is 0 Å². The van der Waals surface area contributed by atoms with Gasteiger partial charge in [-0.1, -0.05) is 50.3 Å². The summed E-state index contributed by atoms with van der Waals surface area (Å²) in [5.41, 5.74) is 1.06. The summed E-state index contributed by atoms with van der Waals surface area (Å²) in [6.45, 7) is 8.87. The van der Waals surface area contributed by atoms with E-state index < -0.39 is 18.5 Å². The molecule has 2 saturated heterocycles. The van der Waals surface area contributed by atoms with Crippen molar-refractivity contribution >= 4 is 0 Å². The van der Waals surface area contributed by atoms with Crippen LogP contribution in [-0.2, 0) is 35.0 Å². The number of methoxy groups -OCH3 is 1. The molecule has 0 spiro atoms. The standard InChI is InChI=1S/C23H34O7/c1-5-11-27-23-16(3)21-22(30-23)20(28-12-17-9-7-6-8-10-17)15(2)19(24)18(29-21)13-26-14-25-4/h5-10,15-16,18-24H,1,11-14H2,2-4H3/t15-,16-,18+,19-,20+,21-,22+,23+/m1/s1. The van der Waals surface area contributed by atoms with Crippen molar-refractivity contribution in [3.8, 4) is 0 Å². The van der Waals surface area contributed by atoms with Gasteiger partial charge in [-0.2, -0.15) is 0 Å². The van der Waals surface area contributed by atoms with E-state index in [-0.39, 0.29) is 43.5 Å². The Morgan fingerprint density at radius 2 is 1.83 bits per heavy atom. The summed E-state index contributed by atoms with van der Waals surface area (Å²) in [5, 5.41) is 11.0. The highest BCUT2D eigenvalue weighted by Gasteiger charge is 2.54. The molecule has 1 N–H and O–H groups in total. The molecule has 2 heterocycles. The number of hydrogen-bond acceptors (Lipinski definition) is 7. The lowest BCUT2D eigenvalue weighted by atomic mass is 9.89. The van der Waals surface area contributed by atoms with Gasteiger partial charge in [0.05, 0.1) is 38.1 Å². The Kier molecular flexibility index (Phi) is 8.83. The second-order valence-electron chi connectivity index (χ2n) is 7.98. The van der Waals surface area contributed by atoms with Crippen LogP contribution < -0.4 is 0 Å². The minimum Gasteiger partial charge on any atom is -0.390 e. The third-order valence-electron chi connectivity index (χ3n) is 5.80. The maximum atomic E-state index is 11.0. The van der Waals surface area contributed by atoms with E-state index in [0.29, 0.717) is 13.2 Å². The lowest BCUT2D eigenvalue weighted by Gasteiger charge is -2.31. The Bertz CT molecular complexity index is 640. The molecule has 1 aromatic carbocycles. The first-order chi connectivity index (χ1) is 14.6. The van der Waals surface area contributed by atoms with Gasteiger partial charge in [0.1, 0.15) is 19.0 Å². The molecule has 0 saturated carbocycles. The molecule has 1 aromatic rings. The molecule has 0 radical (unpaired) electrons. The highest BCUT2D eigenvalue weighted by Crippen LogP contribution is 2.40. The molecule has 2 aliphatic rings. The van der Waals surface area contributed by atoms with Crippen LogP contribution in [0.3, 0.4) is 0 Å². The summed E-state index contributed by atoms with van der Waals surface area (Å²) in [6, 6.07) is 9.96. The first-order valence-corrected chi connectivity index (χ1v) is 10.5. The van der Waals surface area contributed by atoms with Crippen LogP contribution in [0.1, 0.15) is 19.4 Å². The van der Waals surface area contributed by atoms with E-state index in [2.05, 4.69) is 6.58 Å². The van der Waals surface area contributed by atoms with Crippen molar-refractivity contribution in [3.63, 3.8) is 0 Å². The van der Waals surface area contributed by atoms with Crippen molar-refractivity contribution in [2.75, 3.05) is 27.1 Å². The quantitative estimate of drug-likeness (QED) is 0.353. The van der Waals surface area contributed by atoms with E-state index in [1.54, 1.807) is 13.2 Å². The predicted molar refractivity (Wildman–Crippen MR) is 111 cm³/mol. The number of aliphatic hydroxyl groups excluding tert-OH is 1. The highest BCUT2D eigenvalue weighted by atomic mass is 16.7. The first-order valence-electron chi connectivity index (χ1n) is 10.5. The zero-order valence-corrected chi connectivity index (χ0v) is 18.0. The third kappa shape index (κ3) is 5.48. The lowest BCUT2D eigenvalue weighted by Crippen LogP contribution is -2.43. The third-order valence-corrected chi connectivity index (χ3v) is 5.80. The predicted octanol–water partition coefficient (Wildman–Crippen LogP) is 2.52. The molecule has 8 atom stereocenters. The van der Waals surface area contributed by atoms with E-state index in [1.165, 1.54) is 0 Å². The van der Waals surface area contributed by atoms with Crippen LogP contribution in [0.5, 0.6) is 0 Å². The van der Waals surface area contributed by atoms with E-state index >= 15 is 0 Å². The van der Waals surface area contributed by atoms with Crippen molar-refractivity contribution < 1.29 is 33.5 Å². The van der Waals surface area contributed by atoms with Gasteiger partial charge in [0.25, 0.3) is 0 Å². The van der Waals surface area contributed by atoms with Crippen LogP contribution in [0.15, 0.2) is 43.0 Å². The van der Waals surface area contributed by atoms with Crippen LogP contribution in [0.2, 0.25) is 0 Å². The molecule has 7 heteroatoms. The van der Waals surface area contributed by atoms with Crippen molar-refractivity contribution in [2.45, 2.75) is 57.3 Å². The van der Waals surface area contributed by atoms with Gasteiger partial charge in [0.15, 0.2) is 6.29 Å². The minimum absolute atomic E-state index is 0.0415. The average molecular weight is 423 g/mol. The Morgan fingerprint density at radius 1 is 1.07 bits per heavy atom. The molecule has 2 fully saturated rings. The summed E-state index contributed by atoms with van der Waals surface area (Å²) in [5.74, 6) is -0.273. The summed E-state index contributed by atoms with van der Waals surface area (Å²) < 4.78 is 35.2. The van der Waals surface area contributed by atoms with Crippen molar-refractivity contribution in [1.29, 1.82) is 0 Å². The molecular weight excluding hydrogens is 388 g/mol. The maximum Gasteiger partial charge on any atom is 0.163 e. The number of hydrogen-bond donors (Lipinski definition) is 1. The zero-order chi connectivity index (χ0) is 21.5. The monoisotopic (exact) mass is 422 g/mol. The summed E-state index contributed by atoms with van der Waals surface area (Å²) >= 11 is 0. The van der Waals surface area contributed by atoms with E-state index in [9.17, 15) is 5.11 Å². The molecule has 0 unspecified atom stereocenters. The lowest BCUT2D eigenvalue weighted by molar-refractivity contribution is -0.179. The Labute approximate surface area is 178 Å². The Hall–Kier alpha value is -1.32. The van der Waals surface area contributed by atoms with Crippen LogP contribution in [-0.4, -0.2) is 69.0 Å². The van der Waals surface area contributed by atoms with Crippen molar-refractivity contribution in [2.24, 2.45) is 11.8 Å².